The lowest BCUT2D eigenvalue weighted by atomic mass is 10.0. The fraction of sp³-hybridized carbons (Fsp3) is 0.550. The summed E-state index contributed by atoms with van der Waals surface area (Å²) in [4.78, 5) is 153. The van der Waals surface area contributed by atoms with Gasteiger partial charge < -0.3 is 104 Å². The van der Waals surface area contributed by atoms with Gasteiger partial charge in [-0.25, -0.2) is 14.0 Å². The zero-order valence-corrected chi connectivity index (χ0v) is 72.8. The molecule has 125 heavy (non-hydrogen) atoms. The number of fused-ring (bicyclic) bond motifs is 6. The number of aliphatic hydroxyl groups excluding tert-OH is 3. The highest BCUT2D eigenvalue weighted by Crippen LogP contribution is 2.47. The second-order valence-corrected chi connectivity index (χ2v) is 34.4. The number of primary amides is 1. The number of methoxy groups -OCH3 is 6. The number of amides is 6. The van der Waals surface area contributed by atoms with Crippen LogP contribution in [0.3, 0.4) is 0 Å². The summed E-state index contributed by atoms with van der Waals surface area (Å²) in [6.07, 6.45) is 0.922. The van der Waals surface area contributed by atoms with Gasteiger partial charge in [-0.05, 0) is 22.6 Å². The smallest absolute Gasteiger partial charge is 0.278 e. The van der Waals surface area contributed by atoms with Crippen molar-refractivity contribution in [3.05, 3.63) is 164 Å². The van der Waals surface area contributed by atoms with Crippen molar-refractivity contribution in [3.63, 3.8) is 0 Å². The maximum absolute atomic E-state index is 13.0. The molecule has 5 spiro atoms. The minimum absolute atomic E-state index is 0.00784. The van der Waals surface area contributed by atoms with Crippen LogP contribution in [-0.2, 0) is 23.7 Å². The van der Waals surface area contributed by atoms with Crippen molar-refractivity contribution in [1.29, 1.82) is 0 Å². The van der Waals surface area contributed by atoms with Crippen LogP contribution in [0.2, 0.25) is 0 Å². The molecule has 0 aliphatic carbocycles. The molecule has 22 heterocycles. The van der Waals surface area contributed by atoms with Crippen LogP contribution in [-0.4, -0.2) is 291 Å². The van der Waals surface area contributed by atoms with Gasteiger partial charge in [-0.1, -0.05) is 20.8 Å². The van der Waals surface area contributed by atoms with E-state index < -0.39 is 63.4 Å². The maximum atomic E-state index is 13.0. The number of carbonyl (C=O) groups is 6. The molecule has 670 valence electrons. The Hall–Kier alpha value is -11.5. The summed E-state index contributed by atoms with van der Waals surface area (Å²) in [6, 6.07) is 7.31. The van der Waals surface area contributed by atoms with Gasteiger partial charge in [0.05, 0.1) is 149 Å². The van der Waals surface area contributed by atoms with Crippen LogP contribution in [0.15, 0.2) is 59.1 Å². The number of nitrogens with one attached hydrogen (secondary N) is 3. The molecule has 5 saturated heterocycles. The zero-order valence-electron chi connectivity index (χ0n) is 70.6. The molecule has 45 heteroatoms. The number of likely N-dealkylation sites (N-methyl/N-ethyl adjacent to an activating group) is 3. The number of rotatable bonds is 7. The van der Waals surface area contributed by atoms with Gasteiger partial charge in [-0.3, -0.25) is 96.6 Å². The number of ether oxygens (including phenoxy) is 11. The van der Waals surface area contributed by atoms with Gasteiger partial charge in [0, 0.05) is 138 Å². The van der Waals surface area contributed by atoms with E-state index in [-0.39, 0.29) is 126 Å². The Morgan fingerprint density at radius 1 is 0.416 bits per heavy atom. The average Bonchev–Trinajstić information content (AvgIpc) is 1.57. The van der Waals surface area contributed by atoms with E-state index in [0.717, 1.165) is 43.0 Å². The van der Waals surface area contributed by atoms with E-state index in [1.165, 1.54) is 65.5 Å². The SMILES string of the molecule is COc1c(C(N)=O)n2c(cc1=O)C(C)CN2.COc1c2n3c(c(I)c1=O)C(O)CN3C1(CCOC1)N(C)C2=O.COc1c2n3c(cc1=O)C(C)CN3C1(CCOC1)N(C)C2=O.COc1c2n3c(cc1=O)C(C)CN3C1(CCOC1)NC2=O.COc1c2n3c(cc1=O)C(O)CN3C1(CCOC1)N(C)C2=O.COc1c2n3c(cc1=O)C(O)CN3C1(CCOC1)NC2=O. The van der Waals surface area contributed by atoms with Crippen LogP contribution in [0.1, 0.15) is 186 Å². The predicted octanol–water partition coefficient (Wildman–Crippen LogP) is -3.10. The van der Waals surface area contributed by atoms with Crippen molar-refractivity contribution >= 4 is 58.0 Å². The molecule has 8 N–H and O–H groups in total. The summed E-state index contributed by atoms with van der Waals surface area (Å²) in [5.74, 6) is -1.40. The number of nitrogens with two attached hydrogens (primary N) is 1. The third-order valence-corrected chi connectivity index (χ3v) is 27.8. The van der Waals surface area contributed by atoms with Gasteiger partial charge in [-0.2, -0.15) is 0 Å². The van der Waals surface area contributed by atoms with Crippen LogP contribution in [0.25, 0.3) is 0 Å². The van der Waals surface area contributed by atoms with Crippen LogP contribution in [0.4, 0.5) is 0 Å². The van der Waals surface area contributed by atoms with E-state index in [2.05, 4.69) is 39.9 Å². The lowest BCUT2D eigenvalue weighted by Gasteiger charge is -2.50. The molecular weight excluding hydrogens is 1760 g/mol. The Morgan fingerprint density at radius 3 is 1.15 bits per heavy atom. The highest BCUT2D eigenvalue weighted by Gasteiger charge is 2.61. The molecule has 0 aromatic carbocycles. The van der Waals surface area contributed by atoms with Crippen LogP contribution in [0.5, 0.6) is 34.5 Å². The molecule has 11 atom stereocenters. The predicted molar refractivity (Wildman–Crippen MR) is 447 cm³/mol. The molecule has 6 amide bonds. The number of hydrogen-bond donors (Lipinski definition) is 7. The molecule has 0 radical (unpaired) electrons. The van der Waals surface area contributed by atoms with Crippen molar-refractivity contribution in [1.82, 2.24) is 53.4 Å². The first kappa shape index (κ1) is 85.7. The second kappa shape index (κ2) is 31.3. The van der Waals surface area contributed by atoms with Gasteiger partial charge >= 0.3 is 0 Å². The summed E-state index contributed by atoms with van der Waals surface area (Å²) < 4.78 is 69.0. The quantitative estimate of drug-likeness (QED) is 0.0778. The molecule has 16 aliphatic rings. The number of aliphatic hydroxyl groups is 3. The summed E-state index contributed by atoms with van der Waals surface area (Å²) in [7, 11) is 13.5. The number of hydrogen-bond acceptors (Lipinski definition) is 32. The van der Waals surface area contributed by atoms with Crippen LogP contribution >= 0.6 is 22.6 Å². The maximum Gasteiger partial charge on any atom is 0.278 e. The third-order valence-electron chi connectivity index (χ3n) is 26.7. The van der Waals surface area contributed by atoms with E-state index >= 15 is 0 Å². The first-order valence-corrected chi connectivity index (χ1v) is 41.8. The van der Waals surface area contributed by atoms with E-state index in [9.17, 15) is 72.9 Å². The summed E-state index contributed by atoms with van der Waals surface area (Å²) in [6.45, 7) is 14.0. The second-order valence-electron chi connectivity index (χ2n) is 33.3. The number of halogens is 1. The monoisotopic (exact) mass is 1850 g/mol. The summed E-state index contributed by atoms with van der Waals surface area (Å²) >= 11 is 1.91. The Bertz CT molecular complexity index is 5690. The van der Waals surface area contributed by atoms with E-state index in [0.29, 0.717) is 144 Å². The van der Waals surface area contributed by atoms with E-state index in [4.69, 9.17) is 57.8 Å². The van der Waals surface area contributed by atoms with Crippen molar-refractivity contribution < 1.29 is 96.2 Å². The average molecular weight is 1850 g/mol. The highest BCUT2D eigenvalue weighted by molar-refractivity contribution is 14.1. The lowest BCUT2D eigenvalue weighted by Crippen LogP contribution is -2.69. The molecule has 6 aromatic heterocycles. The van der Waals surface area contributed by atoms with Gasteiger partial charge in [0.2, 0.25) is 32.6 Å². The van der Waals surface area contributed by atoms with Gasteiger partial charge in [0.25, 0.3) is 35.4 Å². The molecule has 22 rings (SSSR count). The molecule has 0 saturated carbocycles. The summed E-state index contributed by atoms with van der Waals surface area (Å²) in [5, 5.41) is 47.0. The summed E-state index contributed by atoms with van der Waals surface area (Å²) in [5.41, 5.74) is 8.30. The first-order chi connectivity index (χ1) is 59.7. The number of carbonyl (C=O) groups excluding carboxylic acids is 6. The van der Waals surface area contributed by atoms with Crippen molar-refractivity contribution in [2.45, 2.75) is 117 Å². The molecule has 44 nitrogen and oxygen atoms in total. The van der Waals surface area contributed by atoms with Crippen LogP contribution in [0, 0.1) is 3.57 Å². The number of pyridine rings is 6. The molecule has 11 unspecified atom stereocenters. The fourth-order valence-corrected chi connectivity index (χ4v) is 21.1. The topological polar surface area (TPSA) is 485 Å². The first-order valence-electron chi connectivity index (χ1n) is 40.7. The highest BCUT2D eigenvalue weighted by atomic mass is 127. The Balaban J connectivity index is 0.000000106. The van der Waals surface area contributed by atoms with Crippen molar-refractivity contribution in [3.8, 4) is 34.5 Å². The van der Waals surface area contributed by atoms with Gasteiger partial charge in [-0.15, -0.1) is 0 Å². The minimum Gasteiger partial charge on any atom is -0.491 e. The molecule has 16 aliphatic heterocycles. The number of aromatic nitrogens is 6. The molecular formula is C80H97IN18O26. The zero-order chi connectivity index (χ0) is 89.2. The van der Waals surface area contributed by atoms with Crippen LogP contribution < -0.4 is 108 Å². The molecule has 6 aromatic rings. The standard InChI is InChI=1S/C15H19N3O4.C14H16IN3O5.C14H17N3O5.C14H17N3O4.C13H15N3O5.C10H13N3O3/c1-9-7-17-15(4-5-22-8-15)16(2)14(20)12-13(21-3)11(19)6-10(9)18(12)17;1-16-13(21)10-12(22-2)11(20)8(15)9-7(19)5-17(18(9)10)14(16)3-4-23-6-14;1-15-13(20)11-12(21-2)9(18)5-8-10(19)6-16(17(8)11)14(15)3-4-22-7-14;1-8-6-16-14(3-4-21-7-14)15-13(19)11-12(20-2)10(18)5-9(8)17(11)16;1-20-11-8(17)4-7-9(18)5-15-13(2-3-21-6-13)14-12(19)10(11)16(7)15;1-5-4-12-13-6(5)3-7(14)9(16-2)8(13)10(11)15/h6,9H,4-5,7-8H2,1-3H3;7,19H,3-6H2,1-2H3;5,10,19H,3-4,6-7H2,1-2H3;5,8H,3-4,6-7H2,1-2H3,(H,15,19);4,9,18H,2-3,5-6H2,1H3,(H,14,19);3,5,12H,4H2,1-2H3,(H2,11,15). The minimum atomic E-state index is -0.837. The molecule has 0 bridgehead atoms. The normalized spacial score (nSPS) is 27.9. The molecule has 5 fully saturated rings. The van der Waals surface area contributed by atoms with E-state index in [1.54, 1.807) is 62.0 Å². The van der Waals surface area contributed by atoms with Gasteiger partial charge in [0.15, 0.2) is 97.0 Å². The van der Waals surface area contributed by atoms with Crippen molar-refractivity contribution in [2.75, 3.05) is 200 Å². The number of nitrogens with zero attached hydrogens (tertiary/aromatic N) is 14. The van der Waals surface area contributed by atoms with Gasteiger partial charge in [0.1, 0.15) is 18.3 Å². The largest absolute Gasteiger partial charge is 0.491 e. The van der Waals surface area contributed by atoms with E-state index in [1.807, 2.05) is 53.9 Å². The third kappa shape index (κ3) is 12.4. The van der Waals surface area contributed by atoms with Crippen molar-refractivity contribution in [2.24, 2.45) is 5.73 Å². The Kier molecular flexibility index (Phi) is 21.4. The fourth-order valence-electron chi connectivity index (χ4n) is 20.3. The lowest BCUT2D eigenvalue weighted by molar-refractivity contribution is 0.0307. The Morgan fingerprint density at radius 2 is 0.744 bits per heavy atom. The Labute approximate surface area is 724 Å².